The van der Waals surface area contributed by atoms with E-state index in [1.54, 1.807) is 19.5 Å². The van der Waals surface area contributed by atoms with Crippen molar-refractivity contribution in [1.82, 2.24) is 15.3 Å². The SMILES string of the molecule is COCCNCC1CCCN(c2nccnc2C)C1. The van der Waals surface area contributed by atoms with Crippen LogP contribution < -0.4 is 10.2 Å². The van der Waals surface area contributed by atoms with Gasteiger partial charge in [-0.3, -0.25) is 4.98 Å². The molecule has 0 spiro atoms. The third-order valence-corrected chi connectivity index (χ3v) is 3.59. The third kappa shape index (κ3) is 4.14. The molecule has 106 valence electrons. The molecule has 0 aromatic carbocycles. The van der Waals surface area contributed by atoms with Gasteiger partial charge in [0.15, 0.2) is 0 Å². The number of piperidine rings is 1. The average molecular weight is 264 g/mol. The van der Waals surface area contributed by atoms with Crippen LogP contribution in [0.2, 0.25) is 0 Å². The molecule has 0 radical (unpaired) electrons. The van der Waals surface area contributed by atoms with Crippen LogP contribution in [0.1, 0.15) is 18.5 Å². The fourth-order valence-electron chi connectivity index (χ4n) is 2.62. The molecule has 1 aromatic heterocycles. The summed E-state index contributed by atoms with van der Waals surface area (Å²) >= 11 is 0. The van der Waals surface area contributed by atoms with Gasteiger partial charge in [-0.15, -0.1) is 0 Å². The second kappa shape index (κ2) is 7.40. The summed E-state index contributed by atoms with van der Waals surface area (Å²) in [4.78, 5) is 11.2. The zero-order chi connectivity index (χ0) is 13.5. The predicted molar refractivity (Wildman–Crippen MR) is 76.5 cm³/mol. The van der Waals surface area contributed by atoms with Crippen molar-refractivity contribution in [3.8, 4) is 0 Å². The van der Waals surface area contributed by atoms with E-state index < -0.39 is 0 Å². The molecule has 0 amide bonds. The van der Waals surface area contributed by atoms with Crippen LogP contribution in [-0.2, 0) is 4.74 Å². The molecule has 0 saturated carbocycles. The number of aromatic nitrogens is 2. The normalized spacial score (nSPS) is 19.7. The van der Waals surface area contributed by atoms with Crippen LogP contribution in [0.15, 0.2) is 12.4 Å². The van der Waals surface area contributed by atoms with E-state index in [0.717, 1.165) is 44.3 Å². The second-order valence-corrected chi connectivity index (χ2v) is 5.12. The maximum atomic E-state index is 5.05. The highest BCUT2D eigenvalue weighted by Crippen LogP contribution is 2.22. The topological polar surface area (TPSA) is 50.3 Å². The minimum atomic E-state index is 0.687. The summed E-state index contributed by atoms with van der Waals surface area (Å²) in [5.74, 6) is 1.73. The van der Waals surface area contributed by atoms with Gasteiger partial charge in [0.05, 0.1) is 12.3 Å². The van der Waals surface area contributed by atoms with E-state index in [-0.39, 0.29) is 0 Å². The minimum Gasteiger partial charge on any atom is -0.383 e. The smallest absolute Gasteiger partial charge is 0.150 e. The van der Waals surface area contributed by atoms with Gasteiger partial charge in [0.2, 0.25) is 0 Å². The molecule has 1 aliphatic heterocycles. The van der Waals surface area contributed by atoms with E-state index >= 15 is 0 Å². The zero-order valence-electron chi connectivity index (χ0n) is 11.9. The third-order valence-electron chi connectivity index (χ3n) is 3.59. The maximum absolute atomic E-state index is 5.05. The molecule has 1 atom stereocenters. The molecule has 5 heteroatoms. The Labute approximate surface area is 115 Å². The monoisotopic (exact) mass is 264 g/mol. The number of ether oxygens (including phenoxy) is 1. The first-order valence-electron chi connectivity index (χ1n) is 7.03. The van der Waals surface area contributed by atoms with Crippen molar-refractivity contribution in [1.29, 1.82) is 0 Å². The number of aryl methyl sites for hydroxylation is 1. The fraction of sp³-hybridized carbons (Fsp3) is 0.714. The highest BCUT2D eigenvalue weighted by atomic mass is 16.5. The van der Waals surface area contributed by atoms with E-state index in [1.165, 1.54) is 12.8 Å². The molecule has 1 unspecified atom stereocenters. The van der Waals surface area contributed by atoms with E-state index in [2.05, 4.69) is 20.2 Å². The lowest BCUT2D eigenvalue weighted by molar-refractivity contribution is 0.197. The summed E-state index contributed by atoms with van der Waals surface area (Å²) in [6.07, 6.45) is 6.05. The number of hydrogen-bond acceptors (Lipinski definition) is 5. The summed E-state index contributed by atoms with van der Waals surface area (Å²) in [7, 11) is 1.74. The number of nitrogens with zero attached hydrogens (tertiary/aromatic N) is 3. The number of rotatable bonds is 6. The Kier molecular flexibility index (Phi) is 5.54. The fourth-order valence-corrected chi connectivity index (χ4v) is 2.62. The van der Waals surface area contributed by atoms with Gasteiger partial charge in [-0.25, -0.2) is 4.98 Å². The molecule has 1 saturated heterocycles. The van der Waals surface area contributed by atoms with Gasteiger partial charge in [-0.05, 0) is 32.2 Å². The Bertz CT molecular complexity index is 385. The van der Waals surface area contributed by atoms with Gasteiger partial charge < -0.3 is 15.0 Å². The van der Waals surface area contributed by atoms with Crippen LogP contribution in [0.4, 0.5) is 5.82 Å². The Hall–Kier alpha value is -1.20. The molecule has 5 nitrogen and oxygen atoms in total. The molecule has 2 heterocycles. The molecule has 1 aliphatic rings. The first-order chi connectivity index (χ1) is 9.31. The summed E-state index contributed by atoms with van der Waals surface area (Å²) < 4.78 is 5.05. The van der Waals surface area contributed by atoms with Gasteiger partial charge in [-0.2, -0.15) is 0 Å². The molecule has 2 rings (SSSR count). The zero-order valence-corrected chi connectivity index (χ0v) is 11.9. The van der Waals surface area contributed by atoms with Crippen molar-refractivity contribution in [2.24, 2.45) is 5.92 Å². The van der Waals surface area contributed by atoms with E-state index in [1.807, 2.05) is 6.92 Å². The summed E-state index contributed by atoms with van der Waals surface area (Å²) in [5, 5.41) is 3.45. The Morgan fingerprint density at radius 2 is 2.26 bits per heavy atom. The average Bonchev–Trinajstić information content (AvgIpc) is 2.44. The Morgan fingerprint density at radius 3 is 3.05 bits per heavy atom. The largest absolute Gasteiger partial charge is 0.383 e. The van der Waals surface area contributed by atoms with E-state index in [0.29, 0.717) is 5.92 Å². The van der Waals surface area contributed by atoms with Crippen LogP contribution in [0, 0.1) is 12.8 Å². The molecule has 1 aromatic rings. The summed E-state index contributed by atoms with van der Waals surface area (Å²) in [6, 6.07) is 0. The first-order valence-corrected chi connectivity index (χ1v) is 7.03. The van der Waals surface area contributed by atoms with Gasteiger partial charge >= 0.3 is 0 Å². The lowest BCUT2D eigenvalue weighted by atomic mass is 9.98. The van der Waals surface area contributed by atoms with Crippen LogP contribution in [-0.4, -0.2) is 49.9 Å². The molecule has 1 N–H and O–H groups in total. The number of hydrogen-bond donors (Lipinski definition) is 1. The molecular formula is C14H24N4O. The standard InChI is InChI=1S/C14H24N4O/c1-12-14(17-6-5-16-12)18-8-3-4-13(11-18)10-15-7-9-19-2/h5-6,13,15H,3-4,7-11H2,1-2H3. The minimum absolute atomic E-state index is 0.687. The van der Waals surface area contributed by atoms with E-state index in [4.69, 9.17) is 4.74 Å². The number of methoxy groups -OCH3 is 1. The van der Waals surface area contributed by atoms with Crippen molar-refractivity contribution in [3.63, 3.8) is 0 Å². The Balaban J connectivity index is 1.85. The summed E-state index contributed by atoms with van der Waals surface area (Å²) in [6.45, 7) is 6.95. The van der Waals surface area contributed by atoms with Gasteiger partial charge in [0.1, 0.15) is 5.82 Å². The lowest BCUT2D eigenvalue weighted by Gasteiger charge is -2.34. The van der Waals surface area contributed by atoms with Gasteiger partial charge in [-0.1, -0.05) is 0 Å². The van der Waals surface area contributed by atoms with Crippen molar-refractivity contribution < 1.29 is 4.74 Å². The van der Waals surface area contributed by atoms with Crippen LogP contribution in [0.25, 0.3) is 0 Å². The van der Waals surface area contributed by atoms with Crippen molar-refractivity contribution in [2.45, 2.75) is 19.8 Å². The lowest BCUT2D eigenvalue weighted by Crippen LogP contribution is -2.41. The summed E-state index contributed by atoms with van der Waals surface area (Å²) in [5.41, 5.74) is 1.02. The molecular weight excluding hydrogens is 240 g/mol. The highest BCUT2D eigenvalue weighted by molar-refractivity contribution is 5.42. The second-order valence-electron chi connectivity index (χ2n) is 5.12. The van der Waals surface area contributed by atoms with Crippen LogP contribution in [0.5, 0.6) is 0 Å². The molecule has 0 aliphatic carbocycles. The Morgan fingerprint density at radius 1 is 1.42 bits per heavy atom. The van der Waals surface area contributed by atoms with Crippen LogP contribution in [0.3, 0.4) is 0 Å². The van der Waals surface area contributed by atoms with Crippen molar-refractivity contribution in [3.05, 3.63) is 18.1 Å². The number of nitrogens with one attached hydrogen (secondary N) is 1. The van der Waals surface area contributed by atoms with Gasteiger partial charge in [0, 0.05) is 39.1 Å². The van der Waals surface area contributed by atoms with Crippen molar-refractivity contribution in [2.75, 3.05) is 44.8 Å². The highest BCUT2D eigenvalue weighted by Gasteiger charge is 2.21. The van der Waals surface area contributed by atoms with Gasteiger partial charge in [0.25, 0.3) is 0 Å². The molecule has 1 fully saturated rings. The molecule has 0 bridgehead atoms. The molecule has 19 heavy (non-hydrogen) atoms. The maximum Gasteiger partial charge on any atom is 0.150 e. The number of anilines is 1. The predicted octanol–water partition coefficient (Wildman–Crippen LogP) is 1.24. The van der Waals surface area contributed by atoms with E-state index in [9.17, 15) is 0 Å². The quantitative estimate of drug-likeness (QED) is 0.783. The van der Waals surface area contributed by atoms with Crippen molar-refractivity contribution >= 4 is 5.82 Å². The van der Waals surface area contributed by atoms with Crippen LogP contribution >= 0.6 is 0 Å². The first kappa shape index (κ1) is 14.2.